The molecule has 0 amide bonds. The fourth-order valence-corrected chi connectivity index (χ4v) is 2.14. The molecule has 2 heterocycles. The first kappa shape index (κ1) is 11.7. The molecule has 1 aliphatic heterocycles. The van der Waals surface area contributed by atoms with Crippen molar-refractivity contribution in [2.24, 2.45) is 0 Å². The summed E-state index contributed by atoms with van der Waals surface area (Å²) in [5.74, 6) is 0. The predicted molar refractivity (Wildman–Crippen MR) is 68.3 cm³/mol. The highest BCUT2D eigenvalue weighted by Crippen LogP contribution is 2.20. The lowest BCUT2D eigenvalue weighted by molar-refractivity contribution is 0.271. The molecule has 0 bridgehead atoms. The molecule has 0 aromatic carbocycles. The number of piperazine rings is 1. The van der Waals surface area contributed by atoms with Gasteiger partial charge in [0.25, 0.3) is 0 Å². The summed E-state index contributed by atoms with van der Waals surface area (Å²) >= 11 is 5.93. The maximum absolute atomic E-state index is 5.93. The third-order valence-electron chi connectivity index (χ3n) is 3.18. The number of aromatic nitrogens is 1. The number of aryl methyl sites for hydroxylation is 1. The molecule has 88 valence electrons. The second kappa shape index (κ2) is 5.02. The molecule has 0 aliphatic carbocycles. The Bertz CT molecular complexity index is 359. The van der Waals surface area contributed by atoms with Crippen LogP contribution >= 0.6 is 11.6 Å². The summed E-state index contributed by atoms with van der Waals surface area (Å²) in [6, 6.07) is 2.12. The van der Waals surface area contributed by atoms with Crippen molar-refractivity contribution in [2.75, 3.05) is 37.6 Å². The third-order valence-corrected chi connectivity index (χ3v) is 3.58. The first-order chi connectivity index (χ1) is 7.70. The summed E-state index contributed by atoms with van der Waals surface area (Å²) in [4.78, 5) is 9.05. The number of hydrogen-bond acceptors (Lipinski definition) is 3. The number of anilines is 1. The quantitative estimate of drug-likeness (QED) is 0.738. The average molecular weight is 240 g/mol. The van der Waals surface area contributed by atoms with Crippen molar-refractivity contribution in [2.45, 2.75) is 13.8 Å². The second-order valence-corrected chi connectivity index (χ2v) is 4.58. The smallest absolute Gasteiger partial charge is 0.132 e. The van der Waals surface area contributed by atoms with Crippen molar-refractivity contribution < 1.29 is 0 Å². The zero-order valence-electron chi connectivity index (χ0n) is 9.91. The summed E-state index contributed by atoms with van der Waals surface area (Å²) in [6.45, 7) is 9.79. The number of likely N-dealkylation sites (N-methyl/N-ethyl adjacent to an activating group) is 1. The van der Waals surface area contributed by atoms with E-state index in [9.17, 15) is 0 Å². The minimum atomic E-state index is 0.607. The molecule has 3 nitrogen and oxygen atoms in total. The van der Waals surface area contributed by atoms with Gasteiger partial charge in [0.1, 0.15) is 5.15 Å². The standard InChI is InChI=1S/C12H18ClN3/c1-3-15-4-6-16(7-5-15)11-8-10(2)12(13)14-9-11/h8-9H,3-7H2,1-2H3. The van der Waals surface area contributed by atoms with E-state index >= 15 is 0 Å². The van der Waals surface area contributed by atoms with Crippen LogP contribution in [-0.2, 0) is 0 Å². The molecular formula is C12H18ClN3. The van der Waals surface area contributed by atoms with Crippen LogP contribution in [0.5, 0.6) is 0 Å². The van der Waals surface area contributed by atoms with Gasteiger partial charge in [-0.2, -0.15) is 0 Å². The molecule has 0 N–H and O–H groups in total. The lowest BCUT2D eigenvalue weighted by Crippen LogP contribution is -2.46. The van der Waals surface area contributed by atoms with E-state index in [1.54, 1.807) is 0 Å². The van der Waals surface area contributed by atoms with Crippen LogP contribution in [0, 0.1) is 6.92 Å². The van der Waals surface area contributed by atoms with Gasteiger partial charge in [-0.15, -0.1) is 0 Å². The lowest BCUT2D eigenvalue weighted by Gasteiger charge is -2.35. The van der Waals surface area contributed by atoms with Gasteiger partial charge in [-0.25, -0.2) is 4.98 Å². The fraction of sp³-hybridized carbons (Fsp3) is 0.583. The van der Waals surface area contributed by atoms with Crippen molar-refractivity contribution in [3.8, 4) is 0 Å². The molecule has 0 spiro atoms. The van der Waals surface area contributed by atoms with Crippen LogP contribution in [0.2, 0.25) is 5.15 Å². The van der Waals surface area contributed by atoms with E-state index in [4.69, 9.17) is 11.6 Å². The van der Waals surface area contributed by atoms with E-state index in [0.29, 0.717) is 5.15 Å². The van der Waals surface area contributed by atoms with Crippen molar-refractivity contribution in [3.63, 3.8) is 0 Å². The third kappa shape index (κ3) is 2.47. The zero-order chi connectivity index (χ0) is 11.5. The molecule has 0 unspecified atom stereocenters. The molecule has 2 rings (SSSR count). The molecule has 0 atom stereocenters. The largest absolute Gasteiger partial charge is 0.368 e. The van der Waals surface area contributed by atoms with Crippen molar-refractivity contribution >= 4 is 17.3 Å². The molecule has 16 heavy (non-hydrogen) atoms. The monoisotopic (exact) mass is 239 g/mol. The Morgan fingerprint density at radius 1 is 1.31 bits per heavy atom. The fourth-order valence-electron chi connectivity index (χ4n) is 2.04. The summed E-state index contributed by atoms with van der Waals surface area (Å²) in [5.41, 5.74) is 2.25. The molecule has 1 saturated heterocycles. The van der Waals surface area contributed by atoms with E-state index in [-0.39, 0.29) is 0 Å². The highest BCUT2D eigenvalue weighted by atomic mass is 35.5. The Hall–Kier alpha value is -0.800. The Morgan fingerprint density at radius 3 is 2.56 bits per heavy atom. The Kier molecular flexibility index (Phi) is 3.66. The van der Waals surface area contributed by atoms with Crippen molar-refractivity contribution in [1.29, 1.82) is 0 Å². The van der Waals surface area contributed by atoms with E-state index in [1.807, 2.05) is 13.1 Å². The van der Waals surface area contributed by atoms with Gasteiger partial charge >= 0.3 is 0 Å². The summed E-state index contributed by atoms with van der Waals surface area (Å²) in [5, 5.41) is 0.607. The Balaban J connectivity index is 2.05. The molecule has 1 aromatic rings. The van der Waals surface area contributed by atoms with Crippen LogP contribution < -0.4 is 4.90 Å². The highest BCUT2D eigenvalue weighted by Gasteiger charge is 2.16. The summed E-state index contributed by atoms with van der Waals surface area (Å²) in [6.07, 6.45) is 1.87. The molecule has 0 radical (unpaired) electrons. The van der Waals surface area contributed by atoms with Crippen LogP contribution in [0.15, 0.2) is 12.3 Å². The van der Waals surface area contributed by atoms with E-state index in [0.717, 1.165) is 38.3 Å². The molecule has 1 aromatic heterocycles. The van der Waals surface area contributed by atoms with Gasteiger partial charge < -0.3 is 9.80 Å². The molecule has 1 aliphatic rings. The van der Waals surface area contributed by atoms with E-state index in [1.165, 1.54) is 5.69 Å². The lowest BCUT2D eigenvalue weighted by atomic mass is 10.2. The first-order valence-electron chi connectivity index (χ1n) is 5.80. The normalized spacial score (nSPS) is 17.8. The molecule has 1 fully saturated rings. The first-order valence-corrected chi connectivity index (χ1v) is 6.18. The molecular weight excluding hydrogens is 222 g/mol. The average Bonchev–Trinajstić information content (AvgIpc) is 2.33. The van der Waals surface area contributed by atoms with Gasteiger partial charge in [0.2, 0.25) is 0 Å². The van der Waals surface area contributed by atoms with Crippen LogP contribution in [0.4, 0.5) is 5.69 Å². The van der Waals surface area contributed by atoms with Gasteiger partial charge in [-0.1, -0.05) is 18.5 Å². The van der Waals surface area contributed by atoms with Crippen LogP contribution in [0.1, 0.15) is 12.5 Å². The minimum absolute atomic E-state index is 0.607. The number of hydrogen-bond donors (Lipinski definition) is 0. The van der Waals surface area contributed by atoms with Gasteiger partial charge in [0.05, 0.1) is 11.9 Å². The minimum Gasteiger partial charge on any atom is -0.368 e. The number of rotatable bonds is 2. The topological polar surface area (TPSA) is 19.4 Å². The SMILES string of the molecule is CCN1CCN(c2cnc(Cl)c(C)c2)CC1. The summed E-state index contributed by atoms with van der Waals surface area (Å²) < 4.78 is 0. The van der Waals surface area contributed by atoms with Gasteiger partial charge in [0, 0.05) is 26.2 Å². The van der Waals surface area contributed by atoms with E-state index in [2.05, 4.69) is 27.8 Å². The van der Waals surface area contributed by atoms with Gasteiger partial charge in [0.15, 0.2) is 0 Å². The Labute approximate surface area is 102 Å². The zero-order valence-corrected chi connectivity index (χ0v) is 10.7. The van der Waals surface area contributed by atoms with Crippen LogP contribution in [0.25, 0.3) is 0 Å². The molecule has 4 heteroatoms. The van der Waals surface area contributed by atoms with Gasteiger partial charge in [-0.05, 0) is 25.1 Å². The van der Waals surface area contributed by atoms with Crippen LogP contribution in [0.3, 0.4) is 0 Å². The van der Waals surface area contributed by atoms with Crippen molar-refractivity contribution in [1.82, 2.24) is 9.88 Å². The summed E-state index contributed by atoms with van der Waals surface area (Å²) in [7, 11) is 0. The number of halogens is 1. The Morgan fingerprint density at radius 2 is 2.00 bits per heavy atom. The molecule has 0 saturated carbocycles. The number of pyridine rings is 1. The predicted octanol–water partition coefficient (Wildman–Crippen LogP) is 2.19. The van der Waals surface area contributed by atoms with E-state index < -0.39 is 0 Å². The van der Waals surface area contributed by atoms with Gasteiger partial charge in [-0.3, -0.25) is 0 Å². The van der Waals surface area contributed by atoms with Crippen LogP contribution in [-0.4, -0.2) is 42.6 Å². The maximum Gasteiger partial charge on any atom is 0.132 e. The second-order valence-electron chi connectivity index (χ2n) is 4.22. The maximum atomic E-state index is 5.93. The number of nitrogens with zero attached hydrogens (tertiary/aromatic N) is 3. The highest BCUT2D eigenvalue weighted by molar-refractivity contribution is 6.30. The van der Waals surface area contributed by atoms with Crippen molar-refractivity contribution in [3.05, 3.63) is 23.0 Å².